The Morgan fingerprint density at radius 3 is 2.38 bits per heavy atom. The zero-order valence-corrected chi connectivity index (χ0v) is 9.00. The van der Waals surface area contributed by atoms with Crippen molar-refractivity contribution in [3.8, 4) is 0 Å². The van der Waals surface area contributed by atoms with Crippen LogP contribution in [0.4, 0.5) is 0 Å². The third-order valence-electron chi connectivity index (χ3n) is 2.42. The fraction of sp³-hybridized carbons (Fsp3) is 0.273. The summed E-state index contributed by atoms with van der Waals surface area (Å²) in [6.07, 6.45) is 1.49. The summed E-state index contributed by atoms with van der Waals surface area (Å²) in [6.45, 7) is 0.481. The molecule has 1 aromatic carbocycles. The van der Waals surface area contributed by atoms with E-state index in [1.807, 2.05) is 24.3 Å². The van der Waals surface area contributed by atoms with Crippen LogP contribution in [-0.2, 0) is 20.2 Å². The van der Waals surface area contributed by atoms with Crippen molar-refractivity contribution in [1.29, 1.82) is 0 Å². The second-order valence-corrected chi connectivity index (χ2v) is 3.66. The quantitative estimate of drug-likeness (QED) is 0.797. The van der Waals surface area contributed by atoms with Crippen molar-refractivity contribution in [3.05, 3.63) is 52.2 Å². The second-order valence-electron chi connectivity index (χ2n) is 3.66. The van der Waals surface area contributed by atoms with Crippen molar-refractivity contribution in [2.24, 2.45) is 7.05 Å². The zero-order chi connectivity index (χ0) is 11.5. The normalized spacial score (nSPS) is 10.6. The van der Waals surface area contributed by atoms with Gasteiger partial charge in [-0.05, 0) is 11.1 Å². The van der Waals surface area contributed by atoms with E-state index in [9.17, 15) is 4.79 Å². The number of aryl methyl sites for hydroxylation is 1. The Bertz CT molecular complexity index is 525. The van der Waals surface area contributed by atoms with Crippen LogP contribution in [0.5, 0.6) is 0 Å². The van der Waals surface area contributed by atoms with Gasteiger partial charge in [0.15, 0.2) is 0 Å². The first-order valence-electron chi connectivity index (χ1n) is 4.98. The Balaban J connectivity index is 2.21. The first kappa shape index (κ1) is 10.6. The average molecular weight is 219 g/mol. The number of aliphatic hydroxyl groups is 1. The molecule has 0 fully saturated rings. The Labute approximate surface area is 92.6 Å². The van der Waals surface area contributed by atoms with Crippen LogP contribution >= 0.6 is 0 Å². The minimum absolute atomic E-state index is 0.0316. The minimum atomic E-state index is -0.133. The summed E-state index contributed by atoms with van der Waals surface area (Å²) in [7, 11) is 1.67. The molecule has 1 aromatic heterocycles. The van der Waals surface area contributed by atoms with Gasteiger partial charge in [0.05, 0.1) is 13.2 Å². The van der Waals surface area contributed by atoms with E-state index in [0.29, 0.717) is 6.54 Å². The highest BCUT2D eigenvalue weighted by Gasteiger charge is 2.02. The lowest BCUT2D eigenvalue weighted by Gasteiger charge is -2.01. The van der Waals surface area contributed by atoms with E-state index in [-0.39, 0.29) is 12.3 Å². The van der Waals surface area contributed by atoms with Gasteiger partial charge in [-0.2, -0.15) is 5.10 Å². The number of rotatable bonds is 3. The van der Waals surface area contributed by atoms with Crippen LogP contribution < -0.4 is 5.69 Å². The van der Waals surface area contributed by atoms with Crippen molar-refractivity contribution in [3.63, 3.8) is 0 Å². The predicted octanol–water partition coefficient (Wildman–Crippen LogP) is 0.122. The van der Waals surface area contributed by atoms with Crippen LogP contribution in [0.2, 0.25) is 0 Å². The van der Waals surface area contributed by atoms with Crippen LogP contribution in [0.3, 0.4) is 0 Å². The lowest BCUT2D eigenvalue weighted by molar-refractivity contribution is 0.282. The zero-order valence-electron chi connectivity index (χ0n) is 9.00. The molecule has 1 heterocycles. The highest BCUT2D eigenvalue weighted by Crippen LogP contribution is 2.04. The summed E-state index contributed by atoms with van der Waals surface area (Å²) >= 11 is 0. The van der Waals surface area contributed by atoms with Crippen LogP contribution in [0.1, 0.15) is 11.1 Å². The molecule has 16 heavy (non-hydrogen) atoms. The van der Waals surface area contributed by atoms with Crippen LogP contribution in [-0.4, -0.2) is 19.5 Å². The van der Waals surface area contributed by atoms with E-state index < -0.39 is 0 Å². The molecular formula is C11H13N3O2. The van der Waals surface area contributed by atoms with E-state index in [0.717, 1.165) is 11.1 Å². The van der Waals surface area contributed by atoms with Gasteiger partial charge in [0.1, 0.15) is 6.33 Å². The summed E-state index contributed by atoms with van der Waals surface area (Å²) in [5, 5.41) is 12.9. The van der Waals surface area contributed by atoms with Gasteiger partial charge < -0.3 is 5.11 Å². The average Bonchev–Trinajstić information content (AvgIpc) is 2.62. The van der Waals surface area contributed by atoms with E-state index >= 15 is 0 Å². The molecule has 0 saturated carbocycles. The first-order valence-corrected chi connectivity index (χ1v) is 4.98. The maximum Gasteiger partial charge on any atom is 0.345 e. The van der Waals surface area contributed by atoms with Crippen LogP contribution in [0.25, 0.3) is 0 Å². The maximum atomic E-state index is 11.5. The highest BCUT2D eigenvalue weighted by atomic mass is 16.3. The summed E-state index contributed by atoms with van der Waals surface area (Å²) in [5.41, 5.74) is 1.71. The molecule has 5 nitrogen and oxygen atoms in total. The molecule has 1 N–H and O–H groups in total. The lowest BCUT2D eigenvalue weighted by Crippen LogP contribution is -2.23. The predicted molar refractivity (Wildman–Crippen MR) is 58.9 cm³/mol. The first-order chi connectivity index (χ1) is 7.70. The molecular weight excluding hydrogens is 206 g/mol. The van der Waals surface area contributed by atoms with Gasteiger partial charge in [-0.15, -0.1) is 0 Å². The monoisotopic (exact) mass is 219 g/mol. The molecule has 2 rings (SSSR count). The third kappa shape index (κ3) is 2.04. The third-order valence-corrected chi connectivity index (χ3v) is 2.42. The van der Waals surface area contributed by atoms with E-state index in [4.69, 9.17) is 5.11 Å². The molecule has 0 atom stereocenters. The molecule has 2 aromatic rings. The summed E-state index contributed by atoms with van der Waals surface area (Å²) in [4.78, 5) is 11.5. The van der Waals surface area contributed by atoms with Crippen molar-refractivity contribution in [2.75, 3.05) is 0 Å². The largest absolute Gasteiger partial charge is 0.392 e. The summed E-state index contributed by atoms with van der Waals surface area (Å²) in [5.74, 6) is 0. The molecule has 0 unspecified atom stereocenters. The number of aromatic nitrogens is 3. The van der Waals surface area contributed by atoms with Gasteiger partial charge in [0.2, 0.25) is 0 Å². The van der Waals surface area contributed by atoms with Gasteiger partial charge in [-0.1, -0.05) is 24.3 Å². The van der Waals surface area contributed by atoms with Crippen molar-refractivity contribution in [1.82, 2.24) is 14.3 Å². The fourth-order valence-electron chi connectivity index (χ4n) is 1.45. The van der Waals surface area contributed by atoms with Gasteiger partial charge in [0, 0.05) is 7.05 Å². The lowest BCUT2D eigenvalue weighted by atomic mass is 10.1. The van der Waals surface area contributed by atoms with Crippen LogP contribution in [0.15, 0.2) is 35.4 Å². The smallest absolute Gasteiger partial charge is 0.345 e. The van der Waals surface area contributed by atoms with Gasteiger partial charge in [-0.25, -0.2) is 9.48 Å². The molecule has 0 radical (unpaired) electrons. The minimum Gasteiger partial charge on any atom is -0.392 e. The van der Waals surface area contributed by atoms with E-state index in [1.165, 1.54) is 15.6 Å². The van der Waals surface area contributed by atoms with E-state index in [1.54, 1.807) is 7.05 Å². The Hall–Kier alpha value is -1.88. The SMILES string of the molecule is Cn1cnn(Cc2ccc(CO)cc2)c1=O. The number of hydrogen-bond acceptors (Lipinski definition) is 3. The molecule has 0 bridgehead atoms. The van der Waals surface area contributed by atoms with Crippen LogP contribution in [0, 0.1) is 0 Å². The number of benzene rings is 1. The molecule has 0 spiro atoms. The number of aliphatic hydroxyl groups excluding tert-OH is 1. The molecule has 84 valence electrons. The Morgan fingerprint density at radius 2 is 1.88 bits per heavy atom. The summed E-state index contributed by atoms with van der Waals surface area (Å²) in [6, 6.07) is 7.44. The number of hydrogen-bond donors (Lipinski definition) is 1. The standard InChI is InChI=1S/C11H13N3O2/c1-13-8-12-14(11(13)16)6-9-2-4-10(7-15)5-3-9/h2-5,8,15H,6-7H2,1H3. The molecule has 0 saturated heterocycles. The van der Waals surface area contributed by atoms with Gasteiger partial charge in [0.25, 0.3) is 0 Å². The molecule has 0 aliphatic rings. The van der Waals surface area contributed by atoms with Crippen molar-refractivity contribution in [2.45, 2.75) is 13.2 Å². The molecule has 5 heteroatoms. The maximum absolute atomic E-state index is 11.5. The molecule has 0 amide bonds. The van der Waals surface area contributed by atoms with Gasteiger partial charge >= 0.3 is 5.69 Å². The number of nitrogens with zero attached hydrogens (tertiary/aromatic N) is 3. The molecule has 0 aliphatic carbocycles. The fourth-order valence-corrected chi connectivity index (χ4v) is 1.45. The summed E-state index contributed by atoms with van der Waals surface area (Å²) < 4.78 is 2.83. The van der Waals surface area contributed by atoms with E-state index in [2.05, 4.69) is 5.10 Å². The topological polar surface area (TPSA) is 60.1 Å². The molecule has 0 aliphatic heterocycles. The van der Waals surface area contributed by atoms with Gasteiger partial charge in [-0.3, -0.25) is 4.57 Å². The van der Waals surface area contributed by atoms with Crippen molar-refractivity contribution >= 4 is 0 Å². The Morgan fingerprint density at radius 1 is 1.25 bits per heavy atom. The van der Waals surface area contributed by atoms with Crippen molar-refractivity contribution < 1.29 is 5.11 Å². The highest BCUT2D eigenvalue weighted by molar-refractivity contribution is 5.21. The Kier molecular flexibility index (Phi) is 2.87. The second kappa shape index (κ2) is 4.32.